The summed E-state index contributed by atoms with van der Waals surface area (Å²) in [5.41, 5.74) is 3.64. The number of hydrogen-bond donors (Lipinski definition) is 0. The van der Waals surface area contributed by atoms with Gasteiger partial charge in [0.15, 0.2) is 0 Å². The Labute approximate surface area is 178 Å². The molecule has 0 aromatic carbocycles. The Morgan fingerprint density at radius 2 is 1.97 bits per heavy atom. The van der Waals surface area contributed by atoms with E-state index in [0.717, 1.165) is 23.5 Å². The number of nitrogens with zero attached hydrogens (tertiary/aromatic N) is 6. The average Bonchev–Trinajstić information content (AvgIpc) is 3.20. The molecule has 0 aliphatic carbocycles. The summed E-state index contributed by atoms with van der Waals surface area (Å²) in [6.07, 6.45) is 2.74. The molecule has 10 heteroatoms. The van der Waals surface area contributed by atoms with E-state index >= 15 is 0 Å². The Morgan fingerprint density at radius 3 is 2.53 bits per heavy atom. The molecule has 3 heterocycles. The van der Waals surface area contributed by atoms with Crippen molar-refractivity contribution < 1.29 is 13.2 Å². The highest BCUT2D eigenvalue weighted by Crippen LogP contribution is 2.27. The van der Waals surface area contributed by atoms with Crippen LogP contribution in [0.2, 0.25) is 0 Å². The Morgan fingerprint density at radius 1 is 1.27 bits per heavy atom. The maximum Gasteiger partial charge on any atom is 0.246 e. The van der Waals surface area contributed by atoms with Gasteiger partial charge in [-0.05, 0) is 40.5 Å². The smallest absolute Gasteiger partial charge is 0.246 e. The van der Waals surface area contributed by atoms with Gasteiger partial charge in [0, 0.05) is 51.5 Å². The van der Waals surface area contributed by atoms with E-state index in [0.29, 0.717) is 31.6 Å². The minimum atomic E-state index is -3.67. The van der Waals surface area contributed by atoms with Gasteiger partial charge in [0.25, 0.3) is 0 Å². The van der Waals surface area contributed by atoms with Crippen LogP contribution in [0.15, 0.2) is 11.1 Å². The largest absolute Gasteiger partial charge is 0.341 e. The van der Waals surface area contributed by atoms with Gasteiger partial charge in [0.05, 0.1) is 23.5 Å². The number of amides is 1. The Kier molecular flexibility index (Phi) is 6.37. The molecule has 9 nitrogen and oxygen atoms in total. The van der Waals surface area contributed by atoms with Crippen LogP contribution in [0.4, 0.5) is 0 Å². The summed E-state index contributed by atoms with van der Waals surface area (Å²) in [6, 6.07) is 0. The molecule has 0 radical (unpaired) electrons. The summed E-state index contributed by atoms with van der Waals surface area (Å²) in [4.78, 5) is 15.1. The molecule has 0 N–H and O–H groups in total. The molecule has 30 heavy (non-hydrogen) atoms. The number of aromatic nitrogens is 4. The number of sulfonamides is 1. The minimum Gasteiger partial charge on any atom is -0.341 e. The first-order valence-electron chi connectivity index (χ1n) is 10.3. The van der Waals surface area contributed by atoms with E-state index in [2.05, 4.69) is 10.2 Å². The fourth-order valence-electron chi connectivity index (χ4n) is 4.13. The van der Waals surface area contributed by atoms with Crippen molar-refractivity contribution >= 4 is 15.9 Å². The first kappa shape index (κ1) is 22.5. The maximum absolute atomic E-state index is 13.1. The van der Waals surface area contributed by atoms with Crippen molar-refractivity contribution in [2.75, 3.05) is 20.1 Å². The highest BCUT2D eigenvalue weighted by atomic mass is 32.2. The lowest BCUT2D eigenvalue weighted by Crippen LogP contribution is -2.45. The van der Waals surface area contributed by atoms with Gasteiger partial charge in [-0.2, -0.15) is 14.5 Å². The van der Waals surface area contributed by atoms with E-state index in [4.69, 9.17) is 0 Å². The maximum atomic E-state index is 13.1. The monoisotopic (exact) mass is 436 g/mol. The second kappa shape index (κ2) is 8.50. The number of hydrogen-bond acceptors (Lipinski definition) is 5. The van der Waals surface area contributed by atoms with Gasteiger partial charge in [-0.25, -0.2) is 8.42 Å². The highest BCUT2D eigenvalue weighted by molar-refractivity contribution is 7.89. The summed E-state index contributed by atoms with van der Waals surface area (Å²) in [6.45, 7) is 9.63. The molecule has 0 saturated carbocycles. The van der Waals surface area contributed by atoms with Gasteiger partial charge in [-0.15, -0.1) is 0 Å². The minimum absolute atomic E-state index is 0.0270. The topological polar surface area (TPSA) is 93.3 Å². The van der Waals surface area contributed by atoms with Crippen molar-refractivity contribution in [1.29, 1.82) is 0 Å². The van der Waals surface area contributed by atoms with Crippen LogP contribution in [0.25, 0.3) is 0 Å². The molecular weight excluding hydrogens is 404 g/mol. The number of carbonyl (C=O) groups excluding carboxylic acids is 1. The number of aryl methyl sites for hydroxylation is 3. The normalized spacial score (nSPS) is 18.0. The summed E-state index contributed by atoms with van der Waals surface area (Å²) in [5.74, 6) is -0.377. The van der Waals surface area contributed by atoms with Crippen molar-refractivity contribution in [1.82, 2.24) is 28.8 Å². The molecule has 1 amide bonds. The molecule has 0 spiro atoms. The van der Waals surface area contributed by atoms with Crippen LogP contribution in [0.5, 0.6) is 0 Å². The van der Waals surface area contributed by atoms with E-state index in [1.165, 1.54) is 10.5 Å². The lowest BCUT2D eigenvalue weighted by atomic mass is 9.98. The lowest BCUT2D eigenvalue weighted by Gasteiger charge is -2.33. The SMILES string of the molecule is CCn1nc(C)c(CN(C)C(=O)[C@H]2CCCN(S(=O)(=O)c3cnn(C)c3C)C2)c1C. The van der Waals surface area contributed by atoms with E-state index in [9.17, 15) is 13.2 Å². The van der Waals surface area contributed by atoms with Gasteiger partial charge in [0.2, 0.25) is 15.9 Å². The fraction of sp³-hybridized carbons (Fsp3) is 0.650. The van der Waals surface area contributed by atoms with Gasteiger partial charge in [0.1, 0.15) is 4.90 Å². The molecule has 166 valence electrons. The quantitative estimate of drug-likeness (QED) is 0.686. The van der Waals surface area contributed by atoms with Crippen LogP contribution in [0.3, 0.4) is 0 Å². The van der Waals surface area contributed by atoms with Crippen LogP contribution >= 0.6 is 0 Å². The molecule has 1 aliphatic rings. The molecule has 2 aromatic heterocycles. The van der Waals surface area contributed by atoms with Crippen molar-refractivity contribution in [2.45, 2.75) is 58.5 Å². The summed E-state index contributed by atoms with van der Waals surface area (Å²) < 4.78 is 31.1. The fourth-order valence-corrected chi connectivity index (χ4v) is 5.84. The molecular formula is C20H32N6O3S. The molecule has 0 unspecified atom stereocenters. The first-order valence-corrected chi connectivity index (χ1v) is 11.8. The number of rotatable bonds is 6. The van der Waals surface area contributed by atoms with Crippen molar-refractivity contribution in [3.8, 4) is 0 Å². The second-order valence-electron chi connectivity index (χ2n) is 8.08. The average molecular weight is 437 g/mol. The van der Waals surface area contributed by atoms with Crippen LogP contribution in [0.1, 0.15) is 42.4 Å². The van der Waals surface area contributed by atoms with E-state index in [1.54, 1.807) is 30.6 Å². The van der Waals surface area contributed by atoms with E-state index in [1.807, 2.05) is 25.5 Å². The molecule has 1 saturated heterocycles. The predicted molar refractivity (Wildman–Crippen MR) is 113 cm³/mol. The number of carbonyl (C=O) groups is 1. The summed E-state index contributed by atoms with van der Waals surface area (Å²) in [7, 11) is -0.171. The zero-order valence-electron chi connectivity index (χ0n) is 18.7. The Bertz CT molecular complexity index is 1040. The third kappa shape index (κ3) is 4.02. The standard InChI is InChI=1S/C20H32N6O3S/c1-7-26-15(3)18(14(2)22-26)13-23(5)20(27)17-9-8-10-25(12-17)30(28,29)19-11-21-24(6)16(19)4/h11,17H,7-10,12-13H2,1-6H3/t17-/m0/s1. The molecule has 1 atom stereocenters. The van der Waals surface area contributed by atoms with Crippen LogP contribution in [-0.4, -0.2) is 63.2 Å². The zero-order valence-corrected chi connectivity index (χ0v) is 19.5. The predicted octanol–water partition coefficient (Wildman–Crippen LogP) is 1.62. The van der Waals surface area contributed by atoms with Gasteiger partial charge in [-0.3, -0.25) is 14.2 Å². The molecule has 1 aliphatic heterocycles. The molecule has 3 rings (SSSR count). The third-order valence-corrected chi connectivity index (χ3v) is 8.11. The first-order chi connectivity index (χ1) is 14.1. The summed E-state index contributed by atoms with van der Waals surface area (Å²) >= 11 is 0. The van der Waals surface area contributed by atoms with Gasteiger partial charge < -0.3 is 4.90 Å². The highest BCUT2D eigenvalue weighted by Gasteiger charge is 2.36. The van der Waals surface area contributed by atoms with Crippen molar-refractivity contribution in [3.05, 3.63) is 28.8 Å². The van der Waals surface area contributed by atoms with Crippen LogP contribution < -0.4 is 0 Å². The van der Waals surface area contributed by atoms with E-state index in [-0.39, 0.29) is 23.3 Å². The molecule has 2 aromatic rings. The third-order valence-electron chi connectivity index (χ3n) is 6.14. The number of piperidine rings is 1. The van der Waals surface area contributed by atoms with Crippen LogP contribution in [-0.2, 0) is 35.0 Å². The van der Waals surface area contributed by atoms with Gasteiger partial charge in [-0.1, -0.05) is 0 Å². The Hall–Kier alpha value is -2.20. The van der Waals surface area contributed by atoms with Gasteiger partial charge >= 0.3 is 0 Å². The van der Waals surface area contributed by atoms with Crippen molar-refractivity contribution in [3.63, 3.8) is 0 Å². The Balaban J connectivity index is 1.74. The molecule has 1 fully saturated rings. The van der Waals surface area contributed by atoms with E-state index < -0.39 is 10.0 Å². The van der Waals surface area contributed by atoms with Crippen molar-refractivity contribution in [2.24, 2.45) is 13.0 Å². The summed E-state index contributed by atoms with van der Waals surface area (Å²) in [5, 5.41) is 8.58. The lowest BCUT2D eigenvalue weighted by molar-refractivity contribution is -0.135. The molecule has 0 bridgehead atoms. The van der Waals surface area contributed by atoms with Crippen LogP contribution in [0, 0.1) is 26.7 Å². The second-order valence-corrected chi connectivity index (χ2v) is 9.99. The zero-order chi connectivity index (χ0) is 22.2.